The normalized spacial score (nSPS) is 15.1. The molecule has 4 rings (SSSR count). The number of carbonyl (C=O) groups is 4. The molecule has 1 heterocycles. The average molecular weight is 462 g/mol. The maximum absolute atomic E-state index is 14.4. The number of esters is 1. The fraction of sp³-hybridized carbons (Fsp3) is 0.0833. The average Bonchev–Trinajstić information content (AvgIpc) is 3.15. The van der Waals surface area contributed by atoms with E-state index in [0.717, 1.165) is 18.2 Å². The second-order valence-electron chi connectivity index (χ2n) is 7.36. The van der Waals surface area contributed by atoms with Crippen LogP contribution in [0.5, 0.6) is 0 Å². The number of non-ortho nitro benzene ring substituents is 1. The van der Waals surface area contributed by atoms with Crippen molar-refractivity contribution in [1.29, 1.82) is 0 Å². The minimum atomic E-state index is -1.89. The summed E-state index contributed by atoms with van der Waals surface area (Å²) in [4.78, 5) is 61.9. The van der Waals surface area contributed by atoms with Crippen LogP contribution in [-0.2, 0) is 14.3 Å². The molecule has 0 saturated heterocycles. The van der Waals surface area contributed by atoms with Gasteiger partial charge in [-0.15, -0.1) is 0 Å². The van der Waals surface area contributed by atoms with Gasteiger partial charge in [-0.2, -0.15) is 0 Å². The van der Waals surface area contributed by atoms with Gasteiger partial charge in [0.1, 0.15) is 17.8 Å². The monoisotopic (exact) mass is 462 g/mol. The smallest absolute Gasteiger partial charge is 0.339 e. The lowest BCUT2D eigenvalue weighted by Gasteiger charge is -2.21. The first kappa shape index (κ1) is 22.5. The molecule has 2 atom stereocenters. The summed E-state index contributed by atoms with van der Waals surface area (Å²) in [5, 5.41) is 13.2. The number of Topliss-reactive ketones (excluding diaryl/α,β-unsaturated/α-hetero) is 2. The number of nitrogens with one attached hydrogen (secondary N) is 1. The molecule has 0 aromatic heterocycles. The van der Waals surface area contributed by atoms with Crippen LogP contribution in [0.1, 0.15) is 32.4 Å². The largest absolute Gasteiger partial charge is 0.453 e. The van der Waals surface area contributed by atoms with Crippen molar-refractivity contribution in [3.63, 3.8) is 0 Å². The maximum Gasteiger partial charge on any atom is 0.339 e. The van der Waals surface area contributed by atoms with Crippen LogP contribution < -0.4 is 5.32 Å². The van der Waals surface area contributed by atoms with Crippen LogP contribution in [0.25, 0.3) is 0 Å². The lowest BCUT2D eigenvalue weighted by molar-refractivity contribution is -0.384. The van der Waals surface area contributed by atoms with Crippen LogP contribution in [-0.4, -0.2) is 28.4 Å². The summed E-state index contributed by atoms with van der Waals surface area (Å²) in [7, 11) is 0. The van der Waals surface area contributed by atoms with E-state index in [4.69, 9.17) is 4.74 Å². The van der Waals surface area contributed by atoms with Gasteiger partial charge in [0.2, 0.25) is 5.78 Å². The first-order chi connectivity index (χ1) is 16.3. The highest BCUT2D eigenvalue weighted by Crippen LogP contribution is 2.38. The predicted molar refractivity (Wildman–Crippen MR) is 116 cm³/mol. The Morgan fingerprint density at radius 2 is 1.71 bits per heavy atom. The summed E-state index contributed by atoms with van der Waals surface area (Å²) >= 11 is 0. The molecule has 1 aliphatic rings. The third kappa shape index (κ3) is 4.16. The summed E-state index contributed by atoms with van der Waals surface area (Å²) < 4.78 is 19.7. The Kier molecular flexibility index (Phi) is 5.96. The number of ketones is 2. The number of ether oxygens (including phenoxy) is 1. The van der Waals surface area contributed by atoms with Crippen LogP contribution in [0.15, 0.2) is 72.8 Å². The number of hydrogen-bond donors (Lipinski definition) is 1. The SMILES string of the molecule is O=C(Nc1cccc([N+](=O)[O-])c1)C(=O)[C@H](C(=O)c1ccccc1F)[C@@H]1OC(=O)c2ccccc21. The fourth-order valence-corrected chi connectivity index (χ4v) is 3.67. The Hall–Kier alpha value is -4.73. The Morgan fingerprint density at radius 3 is 2.44 bits per heavy atom. The number of fused-ring (bicyclic) bond motifs is 1. The molecule has 0 fully saturated rings. The van der Waals surface area contributed by atoms with E-state index in [1.165, 1.54) is 42.5 Å². The zero-order valence-electron chi connectivity index (χ0n) is 17.3. The van der Waals surface area contributed by atoms with E-state index < -0.39 is 51.8 Å². The van der Waals surface area contributed by atoms with Gasteiger partial charge in [0.05, 0.1) is 16.1 Å². The third-order valence-electron chi connectivity index (χ3n) is 5.27. The van der Waals surface area contributed by atoms with Gasteiger partial charge in [0.25, 0.3) is 11.6 Å². The van der Waals surface area contributed by atoms with Crippen molar-refractivity contribution in [1.82, 2.24) is 0 Å². The zero-order chi connectivity index (χ0) is 24.4. The number of anilines is 1. The van der Waals surface area contributed by atoms with E-state index in [-0.39, 0.29) is 22.5 Å². The Balaban J connectivity index is 1.72. The molecule has 9 nitrogen and oxygen atoms in total. The summed E-state index contributed by atoms with van der Waals surface area (Å²) in [5.41, 5.74) is -0.523. The molecule has 0 bridgehead atoms. The lowest BCUT2D eigenvalue weighted by atomic mass is 9.84. The number of carbonyl (C=O) groups excluding carboxylic acids is 4. The van der Waals surface area contributed by atoms with Crippen molar-refractivity contribution in [2.75, 3.05) is 5.32 Å². The Bertz CT molecular complexity index is 1350. The van der Waals surface area contributed by atoms with Gasteiger partial charge in [0.15, 0.2) is 5.78 Å². The first-order valence-electron chi connectivity index (χ1n) is 9.96. The molecule has 3 aromatic rings. The number of amides is 1. The van der Waals surface area contributed by atoms with Crippen LogP contribution in [0.2, 0.25) is 0 Å². The summed E-state index contributed by atoms with van der Waals surface area (Å²) in [5.74, 6) is -7.22. The van der Waals surface area contributed by atoms with E-state index in [1.807, 2.05) is 0 Å². The highest BCUT2D eigenvalue weighted by atomic mass is 19.1. The standard InChI is InChI=1S/C24H15FN2O7/c25-18-11-4-3-10-17(18)20(28)19(22-15-8-1-2-9-16(15)24(31)34-22)21(29)23(30)26-13-6-5-7-14(12-13)27(32)33/h1-12,19,22H,(H,26,30)/t19-,22+/m0/s1. The molecule has 0 saturated carbocycles. The second-order valence-corrected chi connectivity index (χ2v) is 7.36. The number of nitrogens with zero attached hydrogens (tertiary/aromatic N) is 1. The van der Waals surface area contributed by atoms with Crippen LogP contribution >= 0.6 is 0 Å². The van der Waals surface area contributed by atoms with Crippen LogP contribution in [0.3, 0.4) is 0 Å². The van der Waals surface area contributed by atoms with Crippen molar-refractivity contribution < 1.29 is 33.2 Å². The summed E-state index contributed by atoms with van der Waals surface area (Å²) in [6.45, 7) is 0. The molecular formula is C24H15FN2O7. The fourth-order valence-electron chi connectivity index (χ4n) is 3.67. The Labute approximate surface area is 191 Å². The summed E-state index contributed by atoms with van der Waals surface area (Å²) in [6, 6.07) is 15.8. The van der Waals surface area contributed by atoms with Gasteiger partial charge in [-0.1, -0.05) is 36.4 Å². The van der Waals surface area contributed by atoms with Crippen molar-refractivity contribution in [2.45, 2.75) is 6.10 Å². The topological polar surface area (TPSA) is 133 Å². The van der Waals surface area contributed by atoms with Crippen molar-refractivity contribution in [2.24, 2.45) is 5.92 Å². The highest BCUT2D eigenvalue weighted by molar-refractivity contribution is 6.45. The van der Waals surface area contributed by atoms with E-state index in [9.17, 15) is 33.7 Å². The maximum atomic E-state index is 14.4. The predicted octanol–water partition coefficient (Wildman–Crippen LogP) is 3.65. The highest BCUT2D eigenvalue weighted by Gasteiger charge is 2.46. The number of benzene rings is 3. The van der Waals surface area contributed by atoms with E-state index in [2.05, 4.69) is 5.32 Å². The molecule has 170 valence electrons. The van der Waals surface area contributed by atoms with E-state index in [1.54, 1.807) is 12.1 Å². The third-order valence-corrected chi connectivity index (χ3v) is 5.27. The molecular weight excluding hydrogens is 447 g/mol. The number of nitro benzene ring substituents is 1. The second kappa shape index (κ2) is 9.02. The van der Waals surface area contributed by atoms with Crippen molar-refractivity contribution in [3.05, 3.63) is 105 Å². The minimum Gasteiger partial charge on any atom is -0.453 e. The molecule has 0 spiro atoms. The number of nitro groups is 1. The summed E-state index contributed by atoms with van der Waals surface area (Å²) in [6.07, 6.45) is -1.46. The molecule has 1 aliphatic heterocycles. The van der Waals surface area contributed by atoms with Gasteiger partial charge in [-0.3, -0.25) is 24.5 Å². The number of rotatable bonds is 7. The van der Waals surface area contributed by atoms with Gasteiger partial charge in [-0.05, 0) is 24.3 Å². The van der Waals surface area contributed by atoms with Crippen molar-refractivity contribution >= 4 is 34.8 Å². The Morgan fingerprint density at radius 1 is 1.00 bits per heavy atom. The molecule has 0 aliphatic carbocycles. The number of halogens is 1. The van der Waals surface area contributed by atoms with Gasteiger partial charge >= 0.3 is 5.97 Å². The quantitative estimate of drug-likeness (QED) is 0.141. The first-order valence-corrected chi connectivity index (χ1v) is 9.96. The van der Waals surface area contributed by atoms with Gasteiger partial charge in [0, 0.05) is 23.4 Å². The molecule has 1 N–H and O–H groups in total. The molecule has 1 amide bonds. The molecule has 3 aromatic carbocycles. The molecule has 0 radical (unpaired) electrons. The molecule has 10 heteroatoms. The lowest BCUT2D eigenvalue weighted by Crippen LogP contribution is -2.38. The number of hydrogen-bond acceptors (Lipinski definition) is 7. The van der Waals surface area contributed by atoms with E-state index >= 15 is 0 Å². The van der Waals surface area contributed by atoms with Crippen molar-refractivity contribution in [3.8, 4) is 0 Å². The number of cyclic esters (lactones) is 1. The van der Waals surface area contributed by atoms with Crippen LogP contribution in [0, 0.1) is 21.8 Å². The zero-order valence-corrected chi connectivity index (χ0v) is 17.3. The van der Waals surface area contributed by atoms with Gasteiger partial charge < -0.3 is 10.1 Å². The van der Waals surface area contributed by atoms with Gasteiger partial charge in [-0.25, -0.2) is 9.18 Å². The molecule has 0 unspecified atom stereocenters. The molecule has 34 heavy (non-hydrogen) atoms. The minimum absolute atomic E-state index is 0.0616. The van der Waals surface area contributed by atoms with E-state index in [0.29, 0.717) is 0 Å². The van der Waals surface area contributed by atoms with Crippen LogP contribution in [0.4, 0.5) is 15.8 Å².